The van der Waals surface area contributed by atoms with E-state index in [2.05, 4.69) is 4.98 Å². The molecule has 0 saturated carbocycles. The normalized spacial score (nSPS) is 17.9. The summed E-state index contributed by atoms with van der Waals surface area (Å²) in [7, 11) is 1.55. The van der Waals surface area contributed by atoms with Crippen molar-refractivity contribution < 1.29 is 19.4 Å². The van der Waals surface area contributed by atoms with Crippen LogP contribution in [0.5, 0.6) is 5.75 Å². The molecule has 1 saturated heterocycles. The summed E-state index contributed by atoms with van der Waals surface area (Å²) in [6, 6.07) is 16.7. The van der Waals surface area contributed by atoms with Gasteiger partial charge in [-0.1, -0.05) is 18.2 Å². The molecule has 1 aliphatic heterocycles. The maximum atomic E-state index is 13.1. The van der Waals surface area contributed by atoms with Gasteiger partial charge in [0.2, 0.25) is 0 Å². The molecule has 1 atom stereocenters. The van der Waals surface area contributed by atoms with Gasteiger partial charge in [-0.3, -0.25) is 19.5 Å². The molecule has 1 amide bonds. The Hall–Kier alpha value is -3.93. The lowest BCUT2D eigenvalue weighted by atomic mass is 9.95. The quantitative estimate of drug-likeness (QED) is 0.406. The number of para-hydroxylation sites is 1. The molecule has 2 aromatic carbocycles. The number of rotatable bonds is 4. The van der Waals surface area contributed by atoms with Crippen LogP contribution in [0.3, 0.4) is 0 Å². The predicted octanol–water partition coefficient (Wildman–Crippen LogP) is 4.02. The summed E-state index contributed by atoms with van der Waals surface area (Å²) >= 11 is 0. The number of amides is 1. The SMILES string of the molecule is COc1ccc(/C(O)=C2\C(=O)C(=O)N(c3ccccc3C)C2c2ccncc2)cc1. The summed E-state index contributed by atoms with van der Waals surface area (Å²) in [5.41, 5.74) is 2.62. The second-order valence-electron chi connectivity index (χ2n) is 6.96. The fraction of sp³-hybridized carbons (Fsp3) is 0.125. The Morgan fingerprint density at radius 2 is 1.67 bits per heavy atom. The molecule has 1 fully saturated rings. The predicted molar refractivity (Wildman–Crippen MR) is 113 cm³/mol. The topological polar surface area (TPSA) is 79.7 Å². The van der Waals surface area contributed by atoms with Crippen molar-refractivity contribution in [2.45, 2.75) is 13.0 Å². The molecule has 1 aliphatic rings. The Balaban J connectivity index is 1.93. The highest BCUT2D eigenvalue weighted by atomic mass is 16.5. The fourth-order valence-corrected chi connectivity index (χ4v) is 3.68. The van der Waals surface area contributed by atoms with Gasteiger partial charge in [0.25, 0.3) is 11.7 Å². The number of hydrogen-bond acceptors (Lipinski definition) is 5. The van der Waals surface area contributed by atoms with Crippen LogP contribution in [0.4, 0.5) is 5.69 Å². The first kappa shape index (κ1) is 19.4. The van der Waals surface area contributed by atoms with E-state index in [1.807, 2.05) is 25.1 Å². The van der Waals surface area contributed by atoms with E-state index < -0.39 is 17.7 Å². The number of carbonyl (C=O) groups excluding carboxylic acids is 2. The first-order chi connectivity index (χ1) is 14.5. The smallest absolute Gasteiger partial charge is 0.300 e. The summed E-state index contributed by atoms with van der Waals surface area (Å²) in [6.45, 7) is 1.88. The van der Waals surface area contributed by atoms with Gasteiger partial charge in [-0.05, 0) is 60.5 Å². The van der Waals surface area contributed by atoms with E-state index in [1.54, 1.807) is 62.0 Å². The van der Waals surface area contributed by atoms with Gasteiger partial charge >= 0.3 is 0 Å². The van der Waals surface area contributed by atoms with E-state index in [4.69, 9.17) is 4.74 Å². The van der Waals surface area contributed by atoms with Crippen molar-refractivity contribution in [2.75, 3.05) is 12.0 Å². The van der Waals surface area contributed by atoms with Gasteiger partial charge in [-0.15, -0.1) is 0 Å². The Morgan fingerprint density at radius 3 is 2.30 bits per heavy atom. The van der Waals surface area contributed by atoms with Crippen LogP contribution < -0.4 is 9.64 Å². The van der Waals surface area contributed by atoms with Gasteiger partial charge < -0.3 is 9.84 Å². The number of nitrogens with zero attached hydrogens (tertiary/aromatic N) is 2. The zero-order chi connectivity index (χ0) is 21.3. The minimum atomic E-state index is -0.767. The average molecular weight is 400 g/mol. The third kappa shape index (κ3) is 3.22. The van der Waals surface area contributed by atoms with E-state index in [-0.39, 0.29) is 11.3 Å². The van der Waals surface area contributed by atoms with E-state index in [9.17, 15) is 14.7 Å². The highest BCUT2D eigenvalue weighted by Gasteiger charge is 2.47. The molecule has 0 bridgehead atoms. The zero-order valence-corrected chi connectivity index (χ0v) is 16.6. The van der Waals surface area contributed by atoms with E-state index in [0.29, 0.717) is 22.6 Å². The van der Waals surface area contributed by atoms with E-state index in [1.165, 1.54) is 4.90 Å². The number of aliphatic hydroxyl groups is 1. The number of carbonyl (C=O) groups is 2. The Morgan fingerprint density at radius 1 is 1.00 bits per heavy atom. The maximum Gasteiger partial charge on any atom is 0.300 e. The molecule has 6 nitrogen and oxygen atoms in total. The molecule has 0 spiro atoms. The number of Topliss-reactive ketones (excluding diaryl/α,β-unsaturated/α-hetero) is 1. The molecule has 150 valence electrons. The van der Waals surface area contributed by atoms with Crippen LogP contribution in [0.15, 0.2) is 78.6 Å². The summed E-state index contributed by atoms with van der Waals surface area (Å²) in [4.78, 5) is 31.6. The van der Waals surface area contributed by atoms with Crippen LogP contribution >= 0.6 is 0 Å². The number of ketones is 1. The van der Waals surface area contributed by atoms with Crippen LogP contribution in [-0.2, 0) is 9.59 Å². The number of pyridine rings is 1. The highest BCUT2D eigenvalue weighted by molar-refractivity contribution is 6.51. The molecule has 4 rings (SSSR count). The fourth-order valence-electron chi connectivity index (χ4n) is 3.68. The largest absolute Gasteiger partial charge is 0.507 e. The summed E-state index contributed by atoms with van der Waals surface area (Å²) in [6.07, 6.45) is 3.20. The lowest BCUT2D eigenvalue weighted by Crippen LogP contribution is -2.30. The number of hydrogen-bond donors (Lipinski definition) is 1. The molecule has 3 aromatic rings. The molecule has 1 N–H and O–H groups in total. The van der Waals surface area contributed by atoms with E-state index >= 15 is 0 Å². The number of methoxy groups -OCH3 is 1. The maximum absolute atomic E-state index is 13.1. The van der Waals surface area contributed by atoms with Gasteiger partial charge in [0.05, 0.1) is 18.7 Å². The first-order valence-electron chi connectivity index (χ1n) is 9.44. The summed E-state index contributed by atoms with van der Waals surface area (Å²) < 4.78 is 5.16. The van der Waals surface area contributed by atoms with Crippen LogP contribution in [0.25, 0.3) is 5.76 Å². The number of aromatic nitrogens is 1. The second kappa shape index (κ2) is 7.83. The zero-order valence-electron chi connectivity index (χ0n) is 16.6. The summed E-state index contributed by atoms with van der Waals surface area (Å²) in [5.74, 6) is -1.01. The third-order valence-corrected chi connectivity index (χ3v) is 5.20. The van der Waals surface area contributed by atoms with Crippen LogP contribution in [0, 0.1) is 6.92 Å². The van der Waals surface area contributed by atoms with Crippen molar-refractivity contribution in [1.29, 1.82) is 0 Å². The standard InChI is InChI=1S/C24H20N2O4/c1-15-5-3-4-6-19(15)26-21(16-11-13-25-14-12-16)20(23(28)24(26)29)22(27)17-7-9-18(30-2)10-8-17/h3-14,21,27H,1-2H3/b22-20+. The lowest BCUT2D eigenvalue weighted by Gasteiger charge is -2.26. The van der Waals surface area contributed by atoms with Crippen molar-refractivity contribution >= 4 is 23.1 Å². The number of anilines is 1. The van der Waals surface area contributed by atoms with Crippen molar-refractivity contribution in [1.82, 2.24) is 4.98 Å². The number of benzene rings is 2. The number of aryl methyl sites for hydroxylation is 1. The lowest BCUT2D eigenvalue weighted by molar-refractivity contribution is -0.132. The molecule has 0 aliphatic carbocycles. The molecule has 30 heavy (non-hydrogen) atoms. The Bertz CT molecular complexity index is 1140. The highest BCUT2D eigenvalue weighted by Crippen LogP contribution is 2.42. The van der Waals surface area contributed by atoms with Gasteiger partial charge in [0, 0.05) is 23.6 Å². The molecule has 2 heterocycles. The minimum absolute atomic E-state index is 0.0413. The summed E-state index contributed by atoms with van der Waals surface area (Å²) in [5, 5.41) is 11.1. The van der Waals surface area contributed by atoms with Crippen LogP contribution in [0.2, 0.25) is 0 Å². The number of ether oxygens (including phenoxy) is 1. The molecule has 6 heteroatoms. The second-order valence-corrected chi connectivity index (χ2v) is 6.96. The van der Waals surface area contributed by atoms with Crippen molar-refractivity contribution in [3.05, 3.63) is 95.3 Å². The van der Waals surface area contributed by atoms with Crippen LogP contribution in [0.1, 0.15) is 22.7 Å². The monoisotopic (exact) mass is 400 g/mol. The van der Waals surface area contributed by atoms with Gasteiger partial charge in [-0.2, -0.15) is 0 Å². The third-order valence-electron chi connectivity index (χ3n) is 5.20. The number of aliphatic hydroxyl groups excluding tert-OH is 1. The van der Waals surface area contributed by atoms with Crippen molar-refractivity contribution in [3.8, 4) is 5.75 Å². The van der Waals surface area contributed by atoms with Gasteiger partial charge in [0.15, 0.2) is 0 Å². The van der Waals surface area contributed by atoms with Gasteiger partial charge in [-0.25, -0.2) is 0 Å². The Labute approximate surface area is 174 Å². The van der Waals surface area contributed by atoms with E-state index in [0.717, 1.165) is 5.56 Å². The molecular weight excluding hydrogens is 380 g/mol. The Kier molecular flexibility index (Phi) is 5.06. The first-order valence-corrected chi connectivity index (χ1v) is 9.44. The minimum Gasteiger partial charge on any atom is -0.507 e. The van der Waals surface area contributed by atoms with Gasteiger partial charge in [0.1, 0.15) is 11.5 Å². The molecular formula is C24H20N2O4. The van der Waals surface area contributed by atoms with Crippen molar-refractivity contribution in [3.63, 3.8) is 0 Å². The average Bonchev–Trinajstić information content (AvgIpc) is 3.05. The van der Waals surface area contributed by atoms with Crippen molar-refractivity contribution in [2.24, 2.45) is 0 Å². The van der Waals surface area contributed by atoms with Crippen LogP contribution in [-0.4, -0.2) is 28.9 Å². The molecule has 0 radical (unpaired) electrons. The molecule has 1 unspecified atom stereocenters. The molecule has 1 aromatic heterocycles.